The number of aliphatic imine (C=N–C) groups is 1. The number of aliphatic carboxylic acids is 2. The first-order valence-corrected chi connectivity index (χ1v) is 24.9. The molecule has 0 aromatic heterocycles. The number of amides is 7. The van der Waals surface area contributed by atoms with E-state index in [-0.39, 0.29) is 61.7 Å². The summed E-state index contributed by atoms with van der Waals surface area (Å²) in [7, 11) is 4.12. The highest BCUT2D eigenvalue weighted by Gasteiger charge is 2.34. The number of ether oxygens (including phenoxy) is 2. The molecule has 1 aliphatic rings. The number of phenols is 1. The van der Waals surface area contributed by atoms with Crippen LogP contribution in [0, 0.1) is 11.8 Å². The van der Waals surface area contributed by atoms with Crippen LogP contribution in [0.2, 0.25) is 0 Å². The van der Waals surface area contributed by atoms with Crippen LogP contribution in [0.1, 0.15) is 77.3 Å². The van der Waals surface area contributed by atoms with Gasteiger partial charge < -0.3 is 73.1 Å². The average Bonchev–Trinajstić information content (AvgIpc) is 3.38. The van der Waals surface area contributed by atoms with Gasteiger partial charge in [0.2, 0.25) is 35.4 Å². The van der Waals surface area contributed by atoms with Gasteiger partial charge in [0.1, 0.15) is 35.9 Å². The number of hydrogen-bond donors (Lipinski definition) is 11. The molecule has 420 valence electrons. The predicted molar refractivity (Wildman–Crippen MR) is 283 cm³/mol. The molecule has 77 heavy (non-hydrogen) atoms. The molecule has 1 heterocycles. The number of nitrogens with one attached hydrogen (secondary N) is 6. The summed E-state index contributed by atoms with van der Waals surface area (Å²) >= 11 is 0. The van der Waals surface area contributed by atoms with Gasteiger partial charge in [-0.05, 0) is 75.6 Å². The zero-order chi connectivity index (χ0) is 57.5. The zero-order valence-electron chi connectivity index (χ0n) is 44.5. The first kappa shape index (κ1) is 63.0. The molecule has 24 nitrogen and oxygen atoms in total. The van der Waals surface area contributed by atoms with Gasteiger partial charge in [0.15, 0.2) is 17.5 Å². The minimum absolute atomic E-state index is 0.00214. The van der Waals surface area contributed by atoms with E-state index >= 15 is 0 Å². The number of rotatable bonds is 17. The van der Waals surface area contributed by atoms with Crippen LogP contribution in [0.15, 0.2) is 89.6 Å². The largest absolute Gasteiger partial charge is 0.504 e. The van der Waals surface area contributed by atoms with Gasteiger partial charge in [0.25, 0.3) is 5.91 Å². The summed E-state index contributed by atoms with van der Waals surface area (Å²) in [6, 6.07) is 4.95. The summed E-state index contributed by atoms with van der Waals surface area (Å²) < 4.78 is 11.0. The van der Waals surface area contributed by atoms with Crippen molar-refractivity contribution in [1.82, 2.24) is 36.8 Å². The van der Waals surface area contributed by atoms with E-state index in [0.29, 0.717) is 17.6 Å². The number of nitrogens with two attached hydrogens (primary N) is 2. The Kier molecular flexibility index (Phi) is 25.3. The first-order chi connectivity index (χ1) is 36.3. The van der Waals surface area contributed by atoms with Crippen molar-refractivity contribution in [3.8, 4) is 11.5 Å². The quantitative estimate of drug-likeness (QED) is 0.0341. The Balaban J connectivity index is 2.11. The summed E-state index contributed by atoms with van der Waals surface area (Å²) in [6.07, 6.45) is 3.39. The molecule has 9 atom stereocenters. The molecule has 1 aliphatic heterocycles. The SMILES string of the molecule is C=C1C(=O)N[C@H](C)C(=O)N[C@@H](CCc2ccc(O)c(OC)c2)C(=O)N[C@@H](C(=O)O)CC(=O)N[C@@H](CCCN=C(N)N)C(=O)N[C@@H](/C=C/C(C)=C/[C@H](C)[C@H](Cc2ccccc2)OC)[C@H](C)C(=O)N[C@@H](C(=O)O)CCC(=O)N1C. The standard InChI is InChI=1S/C53H74N10O14/c1-29(25-30(2)42(76-7)26-34-13-10-9-11-14-34)16-19-36-31(3)46(67)61-39(51(72)73)21-23-45(66)63(6)33(5)48(69)57-32(4)47(68)60-38(20-17-35-18-22-41(64)43(27-35)77-8)50(71)62-40(52(74)75)28-44(65)58-37(49(70)59-36)15-12-24-56-53(54)55/h9-11,13-14,16,18-19,22,25,27,30-32,36-40,42,64H,5,12,15,17,20-21,23-24,26,28H2,1-4,6-8H3,(H,57,69)(H,58,65)(H,59,70)(H,60,68)(H,61,67)(H,62,71)(H,72,73)(H,74,75)(H4,54,55,56)/b19-16+,29-25+/t30-,31-,32+,36-,37-,38-,39+,40+,42-/m0/s1. The maximum absolute atomic E-state index is 14.4. The van der Waals surface area contributed by atoms with Crippen molar-refractivity contribution >= 4 is 59.2 Å². The maximum atomic E-state index is 14.4. The van der Waals surface area contributed by atoms with Gasteiger partial charge in [-0.1, -0.05) is 80.6 Å². The number of aromatic hydroxyl groups is 1. The van der Waals surface area contributed by atoms with Gasteiger partial charge in [-0.2, -0.15) is 0 Å². The fraction of sp³-hybridized carbons (Fsp3) is 0.472. The third kappa shape index (κ3) is 20.8. The number of allylic oxidation sites excluding steroid dienone is 2. The molecule has 7 amide bonds. The number of carboxylic acid groups (broad SMARTS) is 2. The molecule has 0 spiro atoms. The Labute approximate surface area is 447 Å². The molecule has 2 aromatic rings. The lowest BCUT2D eigenvalue weighted by Gasteiger charge is -2.27. The second-order valence-electron chi connectivity index (χ2n) is 18.7. The molecule has 1 saturated heterocycles. The normalized spacial score (nSPS) is 23.1. The van der Waals surface area contributed by atoms with Crippen molar-refractivity contribution in [3.05, 3.63) is 95.7 Å². The van der Waals surface area contributed by atoms with Crippen LogP contribution >= 0.6 is 0 Å². The molecule has 24 heteroatoms. The molecule has 0 bridgehead atoms. The number of nitrogens with zero attached hydrogens (tertiary/aromatic N) is 2. The Morgan fingerprint density at radius 3 is 2.10 bits per heavy atom. The monoisotopic (exact) mass is 1070 g/mol. The van der Waals surface area contributed by atoms with E-state index in [4.69, 9.17) is 20.9 Å². The molecule has 0 aliphatic carbocycles. The minimum atomic E-state index is -1.94. The van der Waals surface area contributed by atoms with Gasteiger partial charge >= 0.3 is 11.9 Å². The molecule has 0 saturated carbocycles. The summed E-state index contributed by atoms with van der Waals surface area (Å²) in [4.78, 5) is 127. The van der Waals surface area contributed by atoms with E-state index in [2.05, 4.69) is 43.5 Å². The third-order valence-corrected chi connectivity index (χ3v) is 12.8. The molecule has 1 fully saturated rings. The molecule has 13 N–H and O–H groups in total. The van der Waals surface area contributed by atoms with Crippen LogP contribution in [-0.4, -0.2) is 150 Å². The summed E-state index contributed by atoms with van der Waals surface area (Å²) in [5, 5.41) is 45.5. The lowest BCUT2D eigenvalue weighted by Crippen LogP contribution is -2.56. The second-order valence-corrected chi connectivity index (χ2v) is 18.7. The number of hydrogen-bond acceptors (Lipinski definition) is 13. The van der Waals surface area contributed by atoms with E-state index in [1.165, 1.54) is 52.3 Å². The molecule has 2 aromatic carbocycles. The summed E-state index contributed by atoms with van der Waals surface area (Å²) in [6.45, 7) is 10.1. The van der Waals surface area contributed by atoms with Gasteiger partial charge in [-0.3, -0.25) is 38.6 Å². The minimum Gasteiger partial charge on any atom is -0.504 e. The Bertz CT molecular complexity index is 2530. The van der Waals surface area contributed by atoms with Crippen molar-refractivity contribution in [2.24, 2.45) is 28.3 Å². The Morgan fingerprint density at radius 2 is 1.48 bits per heavy atom. The molecule has 3 rings (SSSR count). The maximum Gasteiger partial charge on any atom is 0.326 e. The number of carbonyl (C=O) groups excluding carboxylic acids is 7. The van der Waals surface area contributed by atoms with Crippen LogP contribution in [0.5, 0.6) is 11.5 Å². The number of carboxylic acids is 2. The molecular weight excluding hydrogens is 1000 g/mol. The van der Waals surface area contributed by atoms with E-state index < -0.39 is 120 Å². The van der Waals surface area contributed by atoms with Crippen LogP contribution in [0.4, 0.5) is 0 Å². The second kappa shape index (κ2) is 30.9. The predicted octanol–water partition coefficient (Wildman–Crippen LogP) is 0.673. The van der Waals surface area contributed by atoms with Crippen molar-refractivity contribution < 1.29 is 67.9 Å². The van der Waals surface area contributed by atoms with Crippen LogP contribution in [-0.2, 0) is 60.7 Å². The molecular formula is C53H74N10O14. The van der Waals surface area contributed by atoms with E-state index in [1.54, 1.807) is 20.1 Å². The number of guanidine groups is 1. The lowest BCUT2D eigenvalue weighted by atomic mass is 9.94. The van der Waals surface area contributed by atoms with Crippen molar-refractivity contribution in [2.75, 3.05) is 27.8 Å². The summed E-state index contributed by atoms with van der Waals surface area (Å²) in [5.74, 6) is -11.3. The van der Waals surface area contributed by atoms with Gasteiger partial charge in [0.05, 0.1) is 31.6 Å². The fourth-order valence-corrected chi connectivity index (χ4v) is 8.01. The number of phenolic OH excluding ortho intramolecular Hbond substituents is 1. The highest BCUT2D eigenvalue weighted by molar-refractivity contribution is 6.00. The Hall–Kier alpha value is -8.28. The Morgan fingerprint density at radius 1 is 0.844 bits per heavy atom. The van der Waals surface area contributed by atoms with Crippen molar-refractivity contribution in [1.29, 1.82) is 0 Å². The van der Waals surface area contributed by atoms with Crippen molar-refractivity contribution in [2.45, 2.75) is 121 Å². The zero-order valence-corrected chi connectivity index (χ0v) is 44.5. The summed E-state index contributed by atoms with van der Waals surface area (Å²) in [5.41, 5.74) is 12.9. The molecule has 0 unspecified atom stereocenters. The van der Waals surface area contributed by atoms with Gasteiger partial charge in [-0.15, -0.1) is 0 Å². The van der Waals surface area contributed by atoms with Gasteiger partial charge in [-0.25, -0.2) is 9.59 Å². The fourth-order valence-electron chi connectivity index (χ4n) is 8.01. The van der Waals surface area contributed by atoms with Crippen LogP contribution < -0.4 is 48.1 Å². The highest BCUT2D eigenvalue weighted by atomic mass is 16.5. The number of methoxy groups -OCH3 is 2. The number of carbonyl (C=O) groups is 9. The first-order valence-electron chi connectivity index (χ1n) is 24.9. The number of aryl methyl sites for hydroxylation is 1. The number of benzene rings is 2. The van der Waals surface area contributed by atoms with Crippen molar-refractivity contribution in [3.63, 3.8) is 0 Å². The average molecular weight is 1080 g/mol. The van der Waals surface area contributed by atoms with Gasteiger partial charge in [0, 0.05) is 33.0 Å². The van der Waals surface area contributed by atoms with E-state index in [9.17, 15) is 58.5 Å². The van der Waals surface area contributed by atoms with Crippen LogP contribution in [0.3, 0.4) is 0 Å². The molecule has 0 radical (unpaired) electrons. The lowest BCUT2D eigenvalue weighted by molar-refractivity contribution is -0.144. The smallest absolute Gasteiger partial charge is 0.326 e. The number of likely N-dealkylation sites (N-methyl/N-ethyl adjacent to an activating group) is 1. The third-order valence-electron chi connectivity index (χ3n) is 12.8. The topological polar surface area (TPSA) is 373 Å². The van der Waals surface area contributed by atoms with E-state index in [0.717, 1.165) is 10.5 Å². The van der Waals surface area contributed by atoms with Crippen LogP contribution in [0.25, 0.3) is 0 Å². The van der Waals surface area contributed by atoms with E-state index in [1.807, 2.05) is 43.3 Å². The highest BCUT2D eigenvalue weighted by Crippen LogP contribution is 2.27.